The van der Waals surface area contributed by atoms with Crippen molar-refractivity contribution in [1.29, 1.82) is 0 Å². The zero-order valence-corrected chi connectivity index (χ0v) is 14.4. The van der Waals surface area contributed by atoms with Gasteiger partial charge >= 0.3 is 0 Å². The zero-order valence-electron chi connectivity index (χ0n) is 14.4. The lowest BCUT2D eigenvalue weighted by Gasteiger charge is -2.22. The minimum atomic E-state index is 0.785. The van der Waals surface area contributed by atoms with Gasteiger partial charge in [-0.1, -0.05) is 55.7 Å². The van der Waals surface area contributed by atoms with E-state index in [0.717, 1.165) is 37.8 Å². The largest absolute Gasteiger partial charge is 0.493 e. The van der Waals surface area contributed by atoms with E-state index in [1.165, 1.54) is 48.8 Å². The first-order chi connectivity index (χ1) is 11.9. The van der Waals surface area contributed by atoms with Crippen molar-refractivity contribution in [2.75, 3.05) is 6.61 Å². The van der Waals surface area contributed by atoms with Crippen LogP contribution in [-0.4, -0.2) is 6.61 Å². The summed E-state index contributed by atoms with van der Waals surface area (Å²) in [4.78, 5) is 0. The van der Waals surface area contributed by atoms with Gasteiger partial charge in [-0.25, -0.2) is 0 Å². The molecule has 0 radical (unpaired) electrons. The molecule has 2 nitrogen and oxygen atoms in total. The third-order valence-corrected chi connectivity index (χ3v) is 5.51. The van der Waals surface area contributed by atoms with Crippen LogP contribution in [0.4, 0.5) is 0 Å². The van der Waals surface area contributed by atoms with E-state index < -0.39 is 0 Å². The van der Waals surface area contributed by atoms with Crippen molar-refractivity contribution in [2.24, 2.45) is 0 Å². The summed E-state index contributed by atoms with van der Waals surface area (Å²) in [5.74, 6) is 1.86. The fourth-order valence-corrected chi connectivity index (χ4v) is 4.19. The quantitative estimate of drug-likeness (QED) is 0.840. The summed E-state index contributed by atoms with van der Waals surface area (Å²) in [6, 6.07) is 15.6. The van der Waals surface area contributed by atoms with Crippen LogP contribution in [0.15, 0.2) is 42.5 Å². The molecule has 2 aliphatic rings. The molecule has 2 aromatic rings. The van der Waals surface area contributed by atoms with E-state index in [9.17, 15) is 0 Å². The molecule has 24 heavy (non-hydrogen) atoms. The highest BCUT2D eigenvalue weighted by Gasteiger charge is 2.16. The Morgan fingerprint density at radius 1 is 0.958 bits per heavy atom. The average molecular weight is 321 g/mol. The monoisotopic (exact) mass is 321 g/mol. The van der Waals surface area contributed by atoms with Crippen LogP contribution in [0.1, 0.15) is 60.3 Å². The van der Waals surface area contributed by atoms with Gasteiger partial charge in [-0.3, -0.25) is 0 Å². The Hall–Kier alpha value is -1.80. The molecule has 1 aliphatic heterocycles. The van der Waals surface area contributed by atoms with Crippen LogP contribution >= 0.6 is 0 Å². The smallest absolute Gasteiger partial charge is 0.122 e. The molecule has 2 aromatic carbocycles. The lowest BCUT2D eigenvalue weighted by Crippen LogP contribution is -2.14. The zero-order chi connectivity index (χ0) is 16.2. The third-order valence-electron chi connectivity index (χ3n) is 5.51. The van der Waals surface area contributed by atoms with Gasteiger partial charge in [0.05, 0.1) is 6.61 Å². The Morgan fingerprint density at radius 2 is 1.83 bits per heavy atom. The molecule has 1 saturated carbocycles. The van der Waals surface area contributed by atoms with Crippen molar-refractivity contribution in [3.63, 3.8) is 0 Å². The van der Waals surface area contributed by atoms with E-state index in [-0.39, 0.29) is 0 Å². The maximum Gasteiger partial charge on any atom is 0.122 e. The summed E-state index contributed by atoms with van der Waals surface area (Å²) in [6.45, 7) is 2.68. The van der Waals surface area contributed by atoms with Gasteiger partial charge in [-0.05, 0) is 41.5 Å². The molecule has 0 spiro atoms. The molecule has 2 heteroatoms. The fraction of sp³-hybridized carbons (Fsp3) is 0.455. The molecular formula is C22H27NO. The van der Waals surface area contributed by atoms with Crippen molar-refractivity contribution < 1.29 is 4.74 Å². The van der Waals surface area contributed by atoms with Crippen LogP contribution < -0.4 is 10.1 Å². The Bertz CT molecular complexity index is 688. The van der Waals surface area contributed by atoms with Gasteiger partial charge in [0.1, 0.15) is 5.75 Å². The van der Waals surface area contributed by atoms with Gasteiger partial charge in [-0.2, -0.15) is 0 Å². The number of hydrogen-bond donors (Lipinski definition) is 1. The summed E-state index contributed by atoms with van der Waals surface area (Å²) in [7, 11) is 0. The number of rotatable bonds is 5. The predicted octanol–water partition coefficient (Wildman–Crippen LogP) is 4.96. The molecule has 1 N–H and O–H groups in total. The molecule has 1 fully saturated rings. The van der Waals surface area contributed by atoms with Gasteiger partial charge in [-0.15, -0.1) is 0 Å². The minimum Gasteiger partial charge on any atom is -0.493 e. The van der Waals surface area contributed by atoms with Crippen molar-refractivity contribution in [3.8, 4) is 5.75 Å². The first-order valence-electron chi connectivity index (χ1n) is 9.43. The number of benzene rings is 2. The van der Waals surface area contributed by atoms with Crippen molar-refractivity contribution in [3.05, 3.63) is 64.7 Å². The van der Waals surface area contributed by atoms with Crippen molar-refractivity contribution >= 4 is 0 Å². The summed E-state index contributed by atoms with van der Waals surface area (Å²) >= 11 is 0. The molecule has 0 saturated heterocycles. The van der Waals surface area contributed by atoms with Crippen molar-refractivity contribution in [1.82, 2.24) is 5.32 Å². The number of ether oxygens (including phenoxy) is 1. The van der Waals surface area contributed by atoms with Gasteiger partial charge in [0.25, 0.3) is 0 Å². The molecular weight excluding hydrogens is 294 g/mol. The first-order valence-corrected chi connectivity index (χ1v) is 9.43. The van der Waals surface area contributed by atoms with Crippen molar-refractivity contribution in [2.45, 2.75) is 57.5 Å². The Kier molecular flexibility index (Phi) is 4.84. The van der Waals surface area contributed by atoms with Gasteiger partial charge in [0.2, 0.25) is 0 Å². The van der Waals surface area contributed by atoms with Crippen LogP contribution in [-0.2, 0) is 19.5 Å². The third kappa shape index (κ3) is 3.49. The Balaban J connectivity index is 1.37. The van der Waals surface area contributed by atoms with E-state index in [1.54, 1.807) is 5.56 Å². The van der Waals surface area contributed by atoms with Gasteiger partial charge < -0.3 is 10.1 Å². The number of fused-ring (bicyclic) bond motifs is 1. The summed E-state index contributed by atoms with van der Waals surface area (Å²) in [6.07, 6.45) is 8.00. The normalized spacial score (nSPS) is 17.5. The lowest BCUT2D eigenvalue weighted by atomic mass is 9.83. The second-order valence-corrected chi connectivity index (χ2v) is 7.18. The van der Waals surface area contributed by atoms with Crippen LogP contribution in [0.25, 0.3) is 0 Å². The highest BCUT2D eigenvalue weighted by Crippen LogP contribution is 2.33. The summed E-state index contributed by atoms with van der Waals surface area (Å²) < 4.78 is 5.66. The molecule has 1 aliphatic carbocycles. The van der Waals surface area contributed by atoms with E-state index in [1.807, 2.05) is 0 Å². The van der Waals surface area contributed by atoms with Crippen LogP contribution in [0.2, 0.25) is 0 Å². The predicted molar refractivity (Wildman–Crippen MR) is 98.5 cm³/mol. The SMILES string of the molecule is c1cc(CNCc2cccc3c2CCO3)cc(C2CCCCC2)c1. The molecule has 0 bridgehead atoms. The second kappa shape index (κ2) is 7.40. The molecule has 0 amide bonds. The summed E-state index contributed by atoms with van der Waals surface area (Å²) in [5.41, 5.74) is 5.72. The van der Waals surface area contributed by atoms with Crippen LogP contribution in [0, 0.1) is 0 Å². The molecule has 0 atom stereocenters. The molecule has 1 heterocycles. The molecule has 4 rings (SSSR count). The molecule has 0 unspecified atom stereocenters. The highest BCUT2D eigenvalue weighted by atomic mass is 16.5. The van der Waals surface area contributed by atoms with E-state index in [4.69, 9.17) is 4.74 Å². The maximum atomic E-state index is 5.66. The van der Waals surface area contributed by atoms with Gasteiger partial charge in [0, 0.05) is 25.1 Å². The van der Waals surface area contributed by atoms with Crippen LogP contribution in [0.5, 0.6) is 5.75 Å². The second-order valence-electron chi connectivity index (χ2n) is 7.18. The Morgan fingerprint density at radius 3 is 2.75 bits per heavy atom. The highest BCUT2D eigenvalue weighted by molar-refractivity contribution is 5.42. The van der Waals surface area contributed by atoms with E-state index in [2.05, 4.69) is 47.8 Å². The summed E-state index contributed by atoms with van der Waals surface area (Å²) in [5, 5.41) is 3.62. The fourth-order valence-electron chi connectivity index (χ4n) is 4.19. The minimum absolute atomic E-state index is 0.785. The maximum absolute atomic E-state index is 5.66. The topological polar surface area (TPSA) is 21.3 Å². The average Bonchev–Trinajstić information content (AvgIpc) is 3.12. The lowest BCUT2D eigenvalue weighted by molar-refractivity contribution is 0.357. The van der Waals surface area contributed by atoms with Crippen LogP contribution in [0.3, 0.4) is 0 Å². The Labute approximate surface area is 145 Å². The van der Waals surface area contributed by atoms with E-state index >= 15 is 0 Å². The first kappa shape index (κ1) is 15.7. The molecule has 0 aromatic heterocycles. The van der Waals surface area contributed by atoms with E-state index in [0.29, 0.717) is 0 Å². The number of nitrogens with one attached hydrogen (secondary N) is 1. The van der Waals surface area contributed by atoms with Gasteiger partial charge in [0.15, 0.2) is 0 Å². The standard InChI is InChI=1S/C22H27NO/c1-2-7-18(8-3-1)19-9-4-6-17(14-19)15-23-16-20-10-5-11-22-21(20)12-13-24-22/h4-6,9-11,14,18,23H,1-3,7-8,12-13,15-16H2. The molecule has 126 valence electrons. The number of hydrogen-bond acceptors (Lipinski definition) is 2.